The van der Waals surface area contributed by atoms with Crippen LogP contribution < -0.4 is 5.32 Å². The van der Waals surface area contributed by atoms with Gasteiger partial charge in [0.25, 0.3) is 30.4 Å². The number of nitrogens with one attached hydrogen (secondary N) is 1. The second-order valence-corrected chi connectivity index (χ2v) is 20.6. The Labute approximate surface area is 357 Å². The van der Waals surface area contributed by atoms with Crippen LogP contribution in [0.25, 0.3) is 21.5 Å². The highest BCUT2D eigenvalue weighted by atomic mass is 35.5. The van der Waals surface area contributed by atoms with Crippen LogP contribution in [0.1, 0.15) is 30.7 Å². The van der Waals surface area contributed by atoms with E-state index in [1.165, 1.54) is 48.5 Å². The number of phenolic OH excluding ortho intramolecular Hbond substituents is 1. The third-order valence-corrected chi connectivity index (χ3v) is 13.8. The predicted octanol–water partition coefficient (Wildman–Crippen LogP) is 5.57. The average Bonchev–Trinajstić information content (AvgIpc) is 3.15. The molecule has 0 aliphatic heterocycles. The molecular formula is C34H29ClN6O16S5. The number of phenols is 1. The zero-order chi connectivity index (χ0) is 45.6. The Hall–Kier alpha value is -5.33. The molecule has 6 rings (SSSR count). The van der Waals surface area contributed by atoms with Gasteiger partial charge in [-0.05, 0) is 70.8 Å². The maximum absolute atomic E-state index is 13.0. The topological polar surface area (TPSA) is 356 Å². The molecule has 6 aromatic rings. The van der Waals surface area contributed by atoms with Crippen LogP contribution in [0.3, 0.4) is 0 Å². The van der Waals surface area contributed by atoms with Gasteiger partial charge in [-0.25, -0.2) is 17.6 Å². The van der Waals surface area contributed by atoms with Gasteiger partial charge in [-0.3, -0.25) is 18.2 Å². The molecule has 0 spiro atoms. The van der Waals surface area contributed by atoms with E-state index in [4.69, 9.17) is 16.2 Å². The molecule has 6 N–H and O–H groups in total. The molecule has 1 unspecified atom stereocenters. The molecule has 0 saturated carbocycles. The quantitative estimate of drug-likeness (QED) is 0.0541. The molecule has 1 atom stereocenters. The van der Waals surface area contributed by atoms with Crippen molar-refractivity contribution < 1.29 is 69.6 Å². The van der Waals surface area contributed by atoms with Gasteiger partial charge >= 0.3 is 10.4 Å². The first-order valence-electron chi connectivity index (χ1n) is 17.1. The lowest BCUT2D eigenvalue weighted by Gasteiger charge is -2.17. The van der Waals surface area contributed by atoms with E-state index in [0.29, 0.717) is 17.0 Å². The van der Waals surface area contributed by atoms with Crippen molar-refractivity contribution in [3.63, 3.8) is 0 Å². The molecule has 328 valence electrons. The summed E-state index contributed by atoms with van der Waals surface area (Å²) < 4.78 is 166. The molecule has 62 heavy (non-hydrogen) atoms. The number of aromatic nitrogens is 3. The van der Waals surface area contributed by atoms with Crippen LogP contribution >= 0.6 is 11.6 Å². The maximum Gasteiger partial charge on any atom is 0.397 e. The summed E-state index contributed by atoms with van der Waals surface area (Å²) in [5, 5.41) is 20.8. The van der Waals surface area contributed by atoms with Gasteiger partial charge in [0.15, 0.2) is 15.6 Å². The van der Waals surface area contributed by atoms with Gasteiger partial charge in [0.05, 0.1) is 27.8 Å². The zero-order valence-corrected chi connectivity index (χ0v) is 35.9. The van der Waals surface area contributed by atoms with E-state index in [0.717, 1.165) is 18.2 Å². The van der Waals surface area contributed by atoms with Crippen molar-refractivity contribution in [2.24, 2.45) is 10.2 Å². The molecule has 1 aromatic heterocycles. The molecular weight excluding hydrogens is 944 g/mol. The fraction of sp³-hybridized carbons (Fsp3) is 0.147. The lowest BCUT2D eigenvalue weighted by molar-refractivity contribution is 0.284. The van der Waals surface area contributed by atoms with Crippen LogP contribution in [0.5, 0.6) is 5.75 Å². The van der Waals surface area contributed by atoms with Gasteiger partial charge in [-0.2, -0.15) is 43.6 Å². The number of hydrogen-bond acceptors (Lipinski definition) is 18. The number of nitrogens with zero attached hydrogens (tertiary/aromatic N) is 5. The molecule has 5 aromatic carbocycles. The maximum atomic E-state index is 13.0. The van der Waals surface area contributed by atoms with Crippen molar-refractivity contribution in [3.8, 4) is 5.75 Å². The zero-order valence-electron chi connectivity index (χ0n) is 31.1. The second kappa shape index (κ2) is 17.1. The first-order valence-corrected chi connectivity index (χ1v) is 24.8. The van der Waals surface area contributed by atoms with Gasteiger partial charge in [0, 0.05) is 16.7 Å². The SMILES string of the molecule is CCC(c1cccc(S(=O)(=O)CCOS(=O)(=O)O)c1)c1nc(Cl)nc(Nc2cc(S(=O)(=O)O)cc3cc(S(=O)(=O)O)c(/N=N/c4ccc5ccccc5c4S(=O)(=O)O)c(O)c23)n1. The summed E-state index contributed by atoms with van der Waals surface area (Å²) in [7, 11) is -24.6. The van der Waals surface area contributed by atoms with E-state index in [9.17, 15) is 60.9 Å². The number of benzene rings is 5. The van der Waals surface area contributed by atoms with Crippen molar-refractivity contribution in [2.45, 2.75) is 38.8 Å². The van der Waals surface area contributed by atoms with Gasteiger partial charge in [0.2, 0.25) is 11.2 Å². The fourth-order valence-corrected chi connectivity index (χ4v) is 9.99. The summed E-state index contributed by atoms with van der Waals surface area (Å²) >= 11 is 6.28. The first kappa shape index (κ1) is 46.2. The Morgan fingerprint density at radius 3 is 2.10 bits per heavy atom. The highest BCUT2D eigenvalue weighted by molar-refractivity contribution is 7.91. The first-order chi connectivity index (χ1) is 28.8. The molecule has 0 aliphatic rings. The molecule has 0 aliphatic carbocycles. The smallest absolute Gasteiger partial charge is 0.397 e. The van der Waals surface area contributed by atoms with Crippen molar-refractivity contribution >= 4 is 107 Å². The van der Waals surface area contributed by atoms with E-state index in [1.54, 1.807) is 13.0 Å². The summed E-state index contributed by atoms with van der Waals surface area (Å²) in [4.78, 5) is 9.46. The van der Waals surface area contributed by atoms with Crippen LogP contribution in [0.4, 0.5) is 23.0 Å². The third kappa shape index (κ3) is 10.3. The third-order valence-electron chi connectivity index (χ3n) is 8.87. The molecule has 22 nitrogen and oxygen atoms in total. The lowest BCUT2D eigenvalue weighted by Crippen LogP contribution is -2.16. The molecule has 0 saturated heterocycles. The summed E-state index contributed by atoms with van der Waals surface area (Å²) in [6.45, 7) is 0.794. The predicted molar refractivity (Wildman–Crippen MR) is 219 cm³/mol. The Bertz CT molecular complexity index is 3410. The van der Waals surface area contributed by atoms with Gasteiger partial charge in [-0.1, -0.05) is 49.4 Å². The molecule has 0 bridgehead atoms. The van der Waals surface area contributed by atoms with Crippen LogP contribution in [0.2, 0.25) is 5.28 Å². The number of halogens is 1. The van der Waals surface area contributed by atoms with Crippen LogP contribution in [0, 0.1) is 0 Å². The minimum atomic E-state index is -5.36. The highest BCUT2D eigenvalue weighted by Gasteiger charge is 2.28. The minimum Gasteiger partial charge on any atom is -0.505 e. The summed E-state index contributed by atoms with van der Waals surface area (Å²) in [5.74, 6) is -3.31. The molecule has 1 heterocycles. The summed E-state index contributed by atoms with van der Waals surface area (Å²) in [6.07, 6.45) is 0.195. The number of rotatable bonds is 15. The van der Waals surface area contributed by atoms with E-state index in [2.05, 4.69) is 34.7 Å². The van der Waals surface area contributed by atoms with Crippen molar-refractivity contribution in [3.05, 3.63) is 95.5 Å². The van der Waals surface area contributed by atoms with E-state index >= 15 is 0 Å². The van der Waals surface area contributed by atoms with Gasteiger partial charge in [-0.15, -0.1) is 10.2 Å². The van der Waals surface area contributed by atoms with Crippen molar-refractivity contribution in [1.29, 1.82) is 0 Å². The number of sulfone groups is 1. The standard InChI is InChI=1S/C34H29ClN6O16S5/c1-2-23(19-7-5-8-21(14-19)58(43,44)13-12-57-62(54,55)56)32-37-33(35)39-34(38-32)36-26-17-22(59(45,46)47)15-20-16-27(60(48,49)50)29(30(42)28(20)26)41-40-25-11-10-18-6-3-4-9-24(18)31(25)61(51,52)53/h3-11,14-17,23,42H,2,12-13H2,1H3,(H,45,46,47)(H,48,49,50)(H,51,52,53)(H,54,55,56)(H,36,37,38,39)/b41-40+. The summed E-state index contributed by atoms with van der Waals surface area (Å²) in [5.41, 5.74) is -1.68. The molecule has 0 radical (unpaired) electrons. The lowest BCUT2D eigenvalue weighted by atomic mass is 9.96. The number of hydrogen-bond donors (Lipinski definition) is 6. The second-order valence-electron chi connectivity index (χ2n) is 12.9. The van der Waals surface area contributed by atoms with Gasteiger partial charge < -0.3 is 10.4 Å². The Morgan fingerprint density at radius 1 is 0.742 bits per heavy atom. The molecule has 0 amide bonds. The van der Waals surface area contributed by atoms with Crippen molar-refractivity contribution in [2.75, 3.05) is 17.7 Å². The summed E-state index contributed by atoms with van der Waals surface area (Å²) in [6, 6.07) is 16.0. The van der Waals surface area contributed by atoms with E-state index in [-0.39, 0.29) is 22.5 Å². The monoisotopic (exact) mass is 972 g/mol. The Morgan fingerprint density at radius 2 is 1.45 bits per heavy atom. The fourth-order valence-electron chi connectivity index (χ4n) is 6.24. The number of azo groups is 1. The Balaban J connectivity index is 1.49. The van der Waals surface area contributed by atoms with Crippen LogP contribution in [0.15, 0.2) is 109 Å². The van der Waals surface area contributed by atoms with E-state index in [1.807, 2.05) is 0 Å². The minimum absolute atomic E-state index is 0.00397. The average molecular weight is 973 g/mol. The Kier molecular flexibility index (Phi) is 12.7. The van der Waals surface area contributed by atoms with Crippen LogP contribution in [-0.2, 0) is 54.8 Å². The van der Waals surface area contributed by atoms with Gasteiger partial charge in [0.1, 0.15) is 27.0 Å². The van der Waals surface area contributed by atoms with Crippen LogP contribution in [-0.4, -0.2) is 92.7 Å². The van der Waals surface area contributed by atoms with Crippen molar-refractivity contribution in [1.82, 2.24) is 15.0 Å². The molecule has 28 heteroatoms. The number of fused-ring (bicyclic) bond motifs is 2. The highest BCUT2D eigenvalue weighted by Crippen LogP contribution is 2.46. The normalized spacial score (nSPS) is 13.5. The number of aromatic hydroxyl groups is 1. The number of anilines is 2. The largest absolute Gasteiger partial charge is 0.505 e. The molecule has 0 fully saturated rings. The van der Waals surface area contributed by atoms with E-state index < -0.39 is 128 Å².